The maximum Gasteiger partial charge on any atom is 0.265 e. The highest BCUT2D eigenvalue weighted by atomic mass is 127. The van der Waals surface area contributed by atoms with Gasteiger partial charge in [0.05, 0.1) is 22.7 Å². The Kier molecular flexibility index (Phi) is 7.28. The van der Waals surface area contributed by atoms with Crippen molar-refractivity contribution in [3.63, 3.8) is 0 Å². The van der Waals surface area contributed by atoms with Crippen molar-refractivity contribution in [1.82, 2.24) is 0 Å². The first-order valence-corrected chi connectivity index (χ1v) is 12.9. The monoisotopic (exact) mass is 546 g/mol. The van der Waals surface area contributed by atoms with Gasteiger partial charge in [-0.05, 0) is 72.2 Å². The number of anilines is 1. The Morgan fingerprint density at radius 2 is 1.74 bits per heavy atom. The molecule has 2 atom stereocenters. The molecule has 0 aliphatic heterocycles. The molecule has 2 aromatic rings. The highest BCUT2D eigenvalue weighted by molar-refractivity contribution is 14.1. The second kappa shape index (κ2) is 9.58. The fourth-order valence-electron chi connectivity index (χ4n) is 4.02. The molecule has 0 heterocycles. The van der Waals surface area contributed by atoms with Gasteiger partial charge in [-0.2, -0.15) is 5.26 Å². The van der Waals surface area contributed by atoms with Crippen molar-refractivity contribution < 1.29 is 8.42 Å². The highest BCUT2D eigenvalue weighted by Gasteiger charge is 2.40. The van der Waals surface area contributed by atoms with Crippen molar-refractivity contribution in [3.8, 4) is 6.07 Å². The van der Waals surface area contributed by atoms with Crippen molar-refractivity contribution in [3.05, 3.63) is 81.5 Å². The lowest BCUT2D eigenvalue weighted by Crippen LogP contribution is -2.43. The van der Waals surface area contributed by atoms with Gasteiger partial charge in [-0.15, -0.1) is 0 Å². The van der Waals surface area contributed by atoms with Crippen molar-refractivity contribution in [2.45, 2.75) is 51.0 Å². The number of nitriles is 1. The van der Waals surface area contributed by atoms with Gasteiger partial charge in [-0.25, -0.2) is 8.42 Å². The zero-order valence-electron chi connectivity index (χ0n) is 18.0. The molecule has 0 fully saturated rings. The summed E-state index contributed by atoms with van der Waals surface area (Å²) < 4.78 is 30.4. The second-order valence-corrected chi connectivity index (χ2v) is 10.7. The van der Waals surface area contributed by atoms with E-state index >= 15 is 0 Å². The number of hydrogen-bond acceptors (Lipinski definition) is 3. The van der Waals surface area contributed by atoms with Gasteiger partial charge in [-0.3, -0.25) is 4.31 Å². The number of halogens is 1. The molecule has 162 valence electrons. The van der Waals surface area contributed by atoms with Crippen LogP contribution in [-0.2, 0) is 10.0 Å². The third-order valence-electron chi connectivity index (χ3n) is 5.92. The summed E-state index contributed by atoms with van der Waals surface area (Å²) in [6, 6.07) is 18.1. The van der Waals surface area contributed by atoms with Crippen LogP contribution in [0.1, 0.15) is 38.7 Å². The van der Waals surface area contributed by atoms with Gasteiger partial charge in [0.25, 0.3) is 10.0 Å². The summed E-state index contributed by atoms with van der Waals surface area (Å²) in [7, 11) is -3.81. The van der Waals surface area contributed by atoms with Crippen LogP contribution in [0.4, 0.5) is 5.69 Å². The Bertz CT molecular complexity index is 1130. The van der Waals surface area contributed by atoms with E-state index in [1.54, 1.807) is 12.1 Å². The van der Waals surface area contributed by atoms with Crippen LogP contribution in [-0.4, -0.2) is 14.5 Å². The molecule has 6 heteroatoms. The summed E-state index contributed by atoms with van der Waals surface area (Å²) in [6.45, 7) is 6.07. The van der Waals surface area contributed by atoms with Crippen LogP contribution in [0.15, 0.2) is 80.8 Å². The largest absolute Gasteiger partial charge is 0.265 e. The fourth-order valence-corrected chi connectivity index (χ4v) is 7.08. The van der Waals surface area contributed by atoms with Crippen molar-refractivity contribution in [2.75, 3.05) is 4.31 Å². The summed E-state index contributed by atoms with van der Waals surface area (Å²) in [4.78, 5) is 0.269. The molecule has 0 bridgehead atoms. The topological polar surface area (TPSA) is 61.2 Å². The highest BCUT2D eigenvalue weighted by Crippen LogP contribution is 2.48. The molecule has 1 aliphatic rings. The lowest BCUT2D eigenvalue weighted by Gasteiger charge is -2.40. The van der Waals surface area contributed by atoms with Crippen LogP contribution in [0.2, 0.25) is 0 Å². The molecule has 31 heavy (non-hydrogen) atoms. The summed E-state index contributed by atoms with van der Waals surface area (Å²) in [6.07, 6.45) is 5.89. The van der Waals surface area contributed by atoms with E-state index in [1.165, 1.54) is 4.31 Å². The molecule has 2 aromatic carbocycles. The standard InChI is InChI=1S/C25H27IN2O2S/c1-4-22-23(15-16-25(5-2,17-18-27)24(22)26)28(20-9-7-6-8-10-20)31(29,30)21-13-11-19(3)12-14-21/h6-16,23H,4-5,17H2,1-3H3/t23-,25-/m1/s1. The molecular weight excluding hydrogens is 519 g/mol. The second-order valence-electron chi connectivity index (χ2n) is 7.79. The van der Waals surface area contributed by atoms with E-state index < -0.39 is 16.1 Å². The first-order valence-electron chi connectivity index (χ1n) is 10.4. The van der Waals surface area contributed by atoms with E-state index in [2.05, 4.69) is 42.5 Å². The molecule has 0 aromatic heterocycles. The maximum atomic E-state index is 13.9. The van der Waals surface area contributed by atoms with Gasteiger partial charge >= 0.3 is 0 Å². The Balaban J connectivity index is 2.21. The fraction of sp³-hybridized carbons (Fsp3) is 0.320. The first-order chi connectivity index (χ1) is 14.8. The Labute approximate surface area is 199 Å². The van der Waals surface area contributed by atoms with Gasteiger partial charge in [-0.1, -0.05) is 61.9 Å². The summed E-state index contributed by atoms with van der Waals surface area (Å²) in [5.41, 5.74) is 2.32. The van der Waals surface area contributed by atoms with Gasteiger partial charge in [0.15, 0.2) is 0 Å². The van der Waals surface area contributed by atoms with E-state index in [0.29, 0.717) is 18.5 Å². The van der Waals surface area contributed by atoms with Gasteiger partial charge < -0.3 is 0 Å². The maximum absolute atomic E-state index is 13.9. The molecule has 4 nitrogen and oxygen atoms in total. The minimum atomic E-state index is -3.81. The van der Waals surface area contributed by atoms with Crippen LogP contribution in [0.25, 0.3) is 0 Å². The SMILES string of the molecule is CCC1=C(I)[C@@](CC)(CC#N)C=C[C@H]1N(c1ccccc1)S(=O)(=O)c1ccc(C)cc1. The van der Waals surface area contributed by atoms with Crippen molar-refractivity contribution in [1.29, 1.82) is 5.26 Å². The molecule has 3 rings (SSSR count). The van der Waals surface area contributed by atoms with Crippen LogP contribution in [0.3, 0.4) is 0 Å². The van der Waals surface area contributed by atoms with Crippen molar-refractivity contribution >= 4 is 38.3 Å². The van der Waals surface area contributed by atoms with E-state index in [4.69, 9.17) is 0 Å². The third-order valence-corrected chi connectivity index (χ3v) is 9.51. The number of allylic oxidation sites excluding steroid dienone is 2. The Morgan fingerprint density at radius 1 is 1.10 bits per heavy atom. The molecule has 0 unspecified atom stereocenters. The molecule has 0 radical (unpaired) electrons. The smallest absolute Gasteiger partial charge is 0.255 e. The summed E-state index contributed by atoms with van der Waals surface area (Å²) >= 11 is 2.33. The summed E-state index contributed by atoms with van der Waals surface area (Å²) in [5.74, 6) is 0. The molecule has 0 saturated carbocycles. The molecule has 0 spiro atoms. The molecular formula is C25H27IN2O2S. The van der Waals surface area contributed by atoms with Crippen molar-refractivity contribution in [2.24, 2.45) is 5.41 Å². The molecule has 0 N–H and O–H groups in total. The normalized spacial score (nSPS) is 21.1. The van der Waals surface area contributed by atoms with Crippen LogP contribution >= 0.6 is 22.6 Å². The Morgan fingerprint density at radius 3 is 2.29 bits per heavy atom. The minimum Gasteiger partial charge on any atom is -0.255 e. The molecule has 0 amide bonds. The zero-order chi connectivity index (χ0) is 22.6. The number of nitrogens with zero attached hydrogens (tertiary/aromatic N) is 2. The van der Waals surface area contributed by atoms with Crippen LogP contribution < -0.4 is 4.31 Å². The Hall–Kier alpha value is -2.11. The third kappa shape index (κ3) is 4.44. The quantitative estimate of drug-likeness (QED) is 0.293. The first kappa shape index (κ1) is 23.6. The predicted molar refractivity (Wildman–Crippen MR) is 135 cm³/mol. The van der Waals surface area contributed by atoms with E-state index in [0.717, 1.165) is 21.1 Å². The zero-order valence-corrected chi connectivity index (χ0v) is 21.0. The number of sulfonamides is 1. The minimum absolute atomic E-state index is 0.269. The summed E-state index contributed by atoms with van der Waals surface area (Å²) in [5, 5.41) is 9.43. The average molecular weight is 546 g/mol. The number of hydrogen-bond donors (Lipinski definition) is 0. The van der Waals surface area contributed by atoms with E-state index in [9.17, 15) is 13.7 Å². The number of rotatable bonds is 7. The lowest BCUT2D eigenvalue weighted by molar-refractivity contribution is 0.463. The number of aryl methyl sites for hydroxylation is 1. The lowest BCUT2D eigenvalue weighted by atomic mass is 9.75. The van der Waals surface area contributed by atoms with E-state index in [-0.39, 0.29) is 10.3 Å². The van der Waals surface area contributed by atoms with Gasteiger partial charge in [0.2, 0.25) is 0 Å². The van der Waals surface area contributed by atoms with Gasteiger partial charge in [0.1, 0.15) is 0 Å². The van der Waals surface area contributed by atoms with Crippen LogP contribution in [0, 0.1) is 23.7 Å². The molecule has 0 saturated heterocycles. The number of para-hydroxylation sites is 1. The average Bonchev–Trinajstić information content (AvgIpc) is 2.77. The predicted octanol–water partition coefficient (Wildman–Crippen LogP) is 6.54. The van der Waals surface area contributed by atoms with Crippen LogP contribution in [0.5, 0.6) is 0 Å². The van der Waals surface area contributed by atoms with E-state index in [1.807, 2.05) is 61.5 Å². The van der Waals surface area contributed by atoms with Gasteiger partial charge in [0, 0.05) is 15.4 Å². The number of benzene rings is 2. The molecule has 1 aliphatic carbocycles.